The molecule has 0 bridgehead atoms. The Morgan fingerprint density at radius 1 is 1.50 bits per heavy atom. The number of aryl methyl sites for hydroxylation is 3. The van der Waals surface area contributed by atoms with Crippen LogP contribution in [-0.4, -0.2) is 9.78 Å². The van der Waals surface area contributed by atoms with Crippen LogP contribution < -0.4 is 11.3 Å². The molecule has 0 aliphatic carbocycles. The van der Waals surface area contributed by atoms with Crippen molar-refractivity contribution < 1.29 is 4.42 Å². The quantitative estimate of drug-likeness (QED) is 0.635. The molecule has 2 rings (SSSR count). The minimum Gasteiger partial charge on any atom is -0.467 e. The largest absolute Gasteiger partial charge is 0.467 e. The van der Waals surface area contributed by atoms with Crippen LogP contribution in [0.3, 0.4) is 0 Å². The van der Waals surface area contributed by atoms with Gasteiger partial charge in [-0.05, 0) is 31.9 Å². The molecule has 6 heteroatoms. The molecule has 20 heavy (non-hydrogen) atoms. The van der Waals surface area contributed by atoms with Crippen LogP contribution in [0, 0.1) is 6.92 Å². The van der Waals surface area contributed by atoms with E-state index in [1.807, 2.05) is 24.6 Å². The molecule has 2 aromatic rings. The van der Waals surface area contributed by atoms with Crippen LogP contribution in [0.2, 0.25) is 5.02 Å². The van der Waals surface area contributed by atoms with Gasteiger partial charge in [-0.1, -0.05) is 18.5 Å². The lowest BCUT2D eigenvalue weighted by atomic mass is 10.1. The van der Waals surface area contributed by atoms with Gasteiger partial charge in [-0.3, -0.25) is 10.5 Å². The number of hydrogen-bond donors (Lipinski definition) is 2. The third-order valence-corrected chi connectivity index (χ3v) is 3.95. The number of aromatic nitrogens is 2. The third-order valence-electron chi connectivity index (χ3n) is 3.51. The maximum Gasteiger partial charge on any atom is 0.125 e. The van der Waals surface area contributed by atoms with E-state index in [1.165, 1.54) is 0 Å². The first kappa shape index (κ1) is 15.1. The molecule has 2 aromatic heterocycles. The van der Waals surface area contributed by atoms with Gasteiger partial charge >= 0.3 is 0 Å². The molecule has 0 radical (unpaired) electrons. The van der Waals surface area contributed by atoms with E-state index in [0.717, 1.165) is 40.7 Å². The number of halogens is 1. The third kappa shape index (κ3) is 2.75. The molecule has 1 atom stereocenters. The number of nitrogens with two attached hydrogens (primary N) is 1. The lowest BCUT2D eigenvalue weighted by Gasteiger charge is -2.15. The zero-order valence-electron chi connectivity index (χ0n) is 12.1. The minimum absolute atomic E-state index is 0.116. The van der Waals surface area contributed by atoms with E-state index in [-0.39, 0.29) is 6.04 Å². The van der Waals surface area contributed by atoms with E-state index in [0.29, 0.717) is 6.42 Å². The van der Waals surface area contributed by atoms with Crippen LogP contribution in [0.5, 0.6) is 0 Å². The van der Waals surface area contributed by atoms with E-state index in [2.05, 4.69) is 17.4 Å². The standard InChI is InChI=1S/C14H21ClN4O/c1-4-10-13(15)12(19(5-2)18-10)8-11(17-16)14-9(3)6-7-20-14/h6-7,11,17H,4-5,8,16H2,1-3H3. The van der Waals surface area contributed by atoms with Gasteiger partial charge in [0.1, 0.15) is 5.76 Å². The molecule has 0 saturated heterocycles. The minimum atomic E-state index is -0.116. The summed E-state index contributed by atoms with van der Waals surface area (Å²) in [6, 6.07) is 1.81. The fourth-order valence-electron chi connectivity index (χ4n) is 2.37. The number of hydrogen-bond acceptors (Lipinski definition) is 4. The summed E-state index contributed by atoms with van der Waals surface area (Å²) in [5, 5.41) is 5.26. The summed E-state index contributed by atoms with van der Waals surface area (Å²) >= 11 is 6.43. The van der Waals surface area contributed by atoms with Crippen LogP contribution in [0.15, 0.2) is 16.7 Å². The van der Waals surface area contributed by atoms with E-state index < -0.39 is 0 Å². The predicted octanol–water partition coefficient (Wildman–Crippen LogP) is 2.77. The molecule has 5 nitrogen and oxygen atoms in total. The molecule has 3 N–H and O–H groups in total. The van der Waals surface area contributed by atoms with Crippen molar-refractivity contribution in [2.75, 3.05) is 0 Å². The van der Waals surface area contributed by atoms with Crippen molar-refractivity contribution in [3.05, 3.63) is 40.1 Å². The van der Waals surface area contributed by atoms with Crippen LogP contribution in [0.4, 0.5) is 0 Å². The SMILES string of the molecule is CCc1nn(CC)c(CC(NN)c2occc2C)c1Cl. The molecule has 0 aliphatic rings. The summed E-state index contributed by atoms with van der Waals surface area (Å²) in [7, 11) is 0. The maximum atomic E-state index is 6.43. The highest BCUT2D eigenvalue weighted by Crippen LogP contribution is 2.28. The van der Waals surface area contributed by atoms with Gasteiger partial charge < -0.3 is 4.42 Å². The Balaban J connectivity index is 2.32. The average Bonchev–Trinajstić information content (AvgIpc) is 3.00. The highest BCUT2D eigenvalue weighted by molar-refractivity contribution is 6.31. The van der Waals surface area contributed by atoms with Crippen LogP contribution in [0.1, 0.15) is 42.6 Å². The normalized spacial score (nSPS) is 12.8. The summed E-state index contributed by atoms with van der Waals surface area (Å²) in [4.78, 5) is 0. The van der Waals surface area contributed by atoms with Gasteiger partial charge in [-0.15, -0.1) is 0 Å². The van der Waals surface area contributed by atoms with Crippen molar-refractivity contribution in [1.82, 2.24) is 15.2 Å². The summed E-state index contributed by atoms with van der Waals surface area (Å²) in [5.41, 5.74) is 5.79. The Labute approximate surface area is 124 Å². The first-order chi connectivity index (χ1) is 9.62. The van der Waals surface area contributed by atoms with Gasteiger partial charge in [0.15, 0.2) is 0 Å². The second-order valence-corrected chi connectivity index (χ2v) is 5.15. The smallest absolute Gasteiger partial charge is 0.125 e. The maximum absolute atomic E-state index is 6.43. The van der Waals surface area contributed by atoms with Gasteiger partial charge in [0.25, 0.3) is 0 Å². The van der Waals surface area contributed by atoms with E-state index in [9.17, 15) is 0 Å². The number of furan rings is 1. The van der Waals surface area contributed by atoms with Crippen molar-refractivity contribution in [2.45, 2.75) is 46.2 Å². The van der Waals surface area contributed by atoms with Crippen molar-refractivity contribution in [2.24, 2.45) is 5.84 Å². The Kier molecular flexibility index (Phi) is 4.86. The molecule has 1 unspecified atom stereocenters. The van der Waals surface area contributed by atoms with Gasteiger partial charge in [0, 0.05) is 13.0 Å². The van der Waals surface area contributed by atoms with E-state index in [4.69, 9.17) is 21.9 Å². The molecular weight excluding hydrogens is 276 g/mol. The number of rotatable bonds is 6. The highest BCUT2D eigenvalue weighted by Gasteiger charge is 2.22. The fourth-order valence-corrected chi connectivity index (χ4v) is 2.72. The van der Waals surface area contributed by atoms with Gasteiger partial charge in [-0.2, -0.15) is 5.10 Å². The first-order valence-electron chi connectivity index (χ1n) is 6.86. The van der Waals surface area contributed by atoms with Gasteiger partial charge in [0.05, 0.1) is 28.7 Å². The lowest BCUT2D eigenvalue weighted by Crippen LogP contribution is -2.30. The average molecular weight is 297 g/mol. The Bertz CT molecular complexity index is 576. The second-order valence-electron chi connectivity index (χ2n) is 4.77. The molecule has 0 spiro atoms. The monoisotopic (exact) mass is 296 g/mol. The van der Waals surface area contributed by atoms with Crippen molar-refractivity contribution in [3.63, 3.8) is 0 Å². The molecule has 0 aromatic carbocycles. The first-order valence-corrected chi connectivity index (χ1v) is 7.24. The van der Waals surface area contributed by atoms with E-state index >= 15 is 0 Å². The summed E-state index contributed by atoms with van der Waals surface area (Å²) in [6.45, 7) is 6.88. The molecule has 0 saturated carbocycles. The fraction of sp³-hybridized carbons (Fsp3) is 0.500. The second kappa shape index (κ2) is 6.43. The summed E-state index contributed by atoms with van der Waals surface area (Å²) in [5.74, 6) is 6.52. The molecule has 0 fully saturated rings. The van der Waals surface area contributed by atoms with Crippen LogP contribution in [0.25, 0.3) is 0 Å². The molecule has 2 heterocycles. The highest BCUT2D eigenvalue weighted by atomic mass is 35.5. The number of nitrogens with zero attached hydrogens (tertiary/aromatic N) is 2. The number of hydrazine groups is 1. The molecular formula is C14H21ClN4O. The van der Waals surface area contributed by atoms with Crippen molar-refractivity contribution in [1.29, 1.82) is 0 Å². The summed E-state index contributed by atoms with van der Waals surface area (Å²) in [6.07, 6.45) is 3.13. The van der Waals surface area contributed by atoms with Gasteiger partial charge in [0.2, 0.25) is 0 Å². The van der Waals surface area contributed by atoms with Gasteiger partial charge in [-0.25, -0.2) is 5.43 Å². The molecule has 110 valence electrons. The van der Waals surface area contributed by atoms with Crippen molar-refractivity contribution >= 4 is 11.6 Å². The zero-order valence-corrected chi connectivity index (χ0v) is 12.9. The Morgan fingerprint density at radius 3 is 2.75 bits per heavy atom. The summed E-state index contributed by atoms with van der Waals surface area (Å²) < 4.78 is 7.46. The van der Waals surface area contributed by atoms with E-state index in [1.54, 1.807) is 6.26 Å². The Hall–Kier alpha value is -1.30. The molecule has 0 amide bonds. The zero-order chi connectivity index (χ0) is 14.7. The van der Waals surface area contributed by atoms with Crippen LogP contribution in [-0.2, 0) is 19.4 Å². The molecule has 0 aliphatic heterocycles. The van der Waals surface area contributed by atoms with Crippen molar-refractivity contribution in [3.8, 4) is 0 Å². The van der Waals surface area contributed by atoms with Crippen LogP contribution >= 0.6 is 11.6 Å². The topological polar surface area (TPSA) is 69.0 Å². The Morgan fingerprint density at radius 2 is 2.25 bits per heavy atom. The number of nitrogens with one attached hydrogen (secondary N) is 1. The predicted molar refractivity (Wildman–Crippen MR) is 79.5 cm³/mol. The lowest BCUT2D eigenvalue weighted by molar-refractivity contribution is 0.405.